The number of aromatic hydroxyl groups is 2. The predicted molar refractivity (Wildman–Crippen MR) is 125 cm³/mol. The van der Waals surface area contributed by atoms with Crippen LogP contribution in [0.5, 0.6) is 28.7 Å². The summed E-state index contributed by atoms with van der Waals surface area (Å²) in [6.07, 6.45) is 1.45. The van der Waals surface area contributed by atoms with E-state index in [1.54, 1.807) is 62.8 Å². The molecule has 3 N–H and O–H groups in total. The molecule has 172 valence electrons. The highest BCUT2D eigenvalue weighted by Gasteiger charge is 2.37. The van der Waals surface area contributed by atoms with Gasteiger partial charge in [0.05, 0.1) is 26.9 Å². The monoisotopic (exact) mass is 449 g/mol. The molecule has 0 bridgehead atoms. The Kier molecular flexibility index (Phi) is 7.13. The second-order valence-electron chi connectivity index (χ2n) is 7.39. The molecule has 33 heavy (non-hydrogen) atoms. The van der Waals surface area contributed by atoms with Crippen LogP contribution in [0.4, 0.5) is 0 Å². The van der Waals surface area contributed by atoms with Gasteiger partial charge in [-0.15, -0.1) is 0 Å². The average Bonchev–Trinajstić information content (AvgIpc) is 2.84. The van der Waals surface area contributed by atoms with Gasteiger partial charge in [-0.2, -0.15) is 0 Å². The standard InChI is InChI=1S/C26H27NO6/c1-5-25(30)27-26(18-6-9-20(28)10-7-18,19-8-12-22(29)24(15-19)33-4)16-17-14-21(31-2)11-13-23(17)32-3/h5-15,28-29H,1,16H2,2-4H3,(H,27,30). The van der Waals surface area contributed by atoms with Gasteiger partial charge in [-0.05, 0) is 59.7 Å². The molecule has 3 rings (SSSR count). The van der Waals surface area contributed by atoms with E-state index in [1.807, 2.05) is 6.07 Å². The van der Waals surface area contributed by atoms with Crippen molar-refractivity contribution in [2.75, 3.05) is 21.3 Å². The van der Waals surface area contributed by atoms with Crippen molar-refractivity contribution in [2.24, 2.45) is 0 Å². The van der Waals surface area contributed by atoms with E-state index in [9.17, 15) is 15.0 Å². The number of benzene rings is 3. The highest BCUT2D eigenvalue weighted by molar-refractivity contribution is 5.88. The highest BCUT2D eigenvalue weighted by Crippen LogP contribution is 2.40. The summed E-state index contributed by atoms with van der Waals surface area (Å²) in [6, 6.07) is 16.8. The SMILES string of the molecule is C=CC(=O)NC(Cc1cc(OC)ccc1OC)(c1ccc(O)cc1)c1ccc(O)c(OC)c1. The zero-order valence-corrected chi connectivity index (χ0v) is 18.8. The molecule has 0 heterocycles. The summed E-state index contributed by atoms with van der Waals surface area (Å²) in [5.74, 6) is 1.14. The first kappa shape index (κ1) is 23.5. The summed E-state index contributed by atoms with van der Waals surface area (Å²) in [6.45, 7) is 3.60. The third-order valence-electron chi connectivity index (χ3n) is 5.50. The number of methoxy groups -OCH3 is 3. The lowest BCUT2D eigenvalue weighted by molar-refractivity contribution is -0.118. The molecule has 0 fully saturated rings. The first-order valence-electron chi connectivity index (χ1n) is 10.2. The van der Waals surface area contributed by atoms with E-state index in [2.05, 4.69) is 11.9 Å². The topological polar surface area (TPSA) is 97.3 Å². The maximum absolute atomic E-state index is 12.7. The van der Waals surface area contributed by atoms with Gasteiger partial charge in [0, 0.05) is 12.0 Å². The Bertz CT molecular complexity index is 1140. The molecule has 0 aliphatic heterocycles. The van der Waals surface area contributed by atoms with Gasteiger partial charge in [-0.25, -0.2) is 0 Å². The predicted octanol–water partition coefficient (Wildman–Crippen LogP) is 3.91. The van der Waals surface area contributed by atoms with Crippen LogP contribution < -0.4 is 19.5 Å². The van der Waals surface area contributed by atoms with Crippen LogP contribution in [0.15, 0.2) is 73.3 Å². The summed E-state index contributed by atoms with van der Waals surface area (Å²) in [5.41, 5.74) is 0.955. The summed E-state index contributed by atoms with van der Waals surface area (Å²) < 4.78 is 16.3. The number of amides is 1. The average molecular weight is 450 g/mol. The molecule has 0 saturated heterocycles. The number of hydrogen-bond donors (Lipinski definition) is 3. The normalized spacial score (nSPS) is 12.3. The molecule has 7 nitrogen and oxygen atoms in total. The van der Waals surface area contributed by atoms with E-state index >= 15 is 0 Å². The number of phenols is 2. The fourth-order valence-corrected chi connectivity index (χ4v) is 3.82. The minimum Gasteiger partial charge on any atom is -0.508 e. The lowest BCUT2D eigenvalue weighted by Crippen LogP contribution is -2.48. The van der Waals surface area contributed by atoms with Gasteiger partial charge in [0.2, 0.25) is 5.91 Å². The maximum Gasteiger partial charge on any atom is 0.244 e. The van der Waals surface area contributed by atoms with Crippen LogP contribution in [0.2, 0.25) is 0 Å². The van der Waals surface area contributed by atoms with Crippen LogP contribution in [-0.4, -0.2) is 37.4 Å². The molecular formula is C26H27NO6. The highest BCUT2D eigenvalue weighted by atomic mass is 16.5. The second-order valence-corrected chi connectivity index (χ2v) is 7.39. The van der Waals surface area contributed by atoms with Gasteiger partial charge >= 0.3 is 0 Å². The van der Waals surface area contributed by atoms with Gasteiger partial charge in [-0.1, -0.05) is 24.8 Å². The molecule has 0 spiro atoms. The Morgan fingerprint density at radius 2 is 1.58 bits per heavy atom. The van der Waals surface area contributed by atoms with Crippen LogP contribution in [0.25, 0.3) is 0 Å². The number of ether oxygens (including phenoxy) is 3. The lowest BCUT2D eigenvalue weighted by atomic mass is 9.77. The zero-order chi connectivity index (χ0) is 24.0. The molecule has 0 aromatic heterocycles. The summed E-state index contributed by atoms with van der Waals surface area (Å²) in [5, 5.41) is 23.1. The number of nitrogens with one attached hydrogen (secondary N) is 1. The molecule has 1 unspecified atom stereocenters. The van der Waals surface area contributed by atoms with Crippen molar-refractivity contribution >= 4 is 5.91 Å². The molecule has 3 aromatic rings. The first-order chi connectivity index (χ1) is 15.9. The van der Waals surface area contributed by atoms with E-state index in [-0.39, 0.29) is 23.7 Å². The molecule has 0 aliphatic rings. The van der Waals surface area contributed by atoms with Crippen molar-refractivity contribution in [3.8, 4) is 28.7 Å². The quantitative estimate of drug-likeness (QED) is 0.429. The number of rotatable bonds is 9. The Balaban J connectivity index is 2.33. The fourth-order valence-electron chi connectivity index (χ4n) is 3.82. The second kappa shape index (κ2) is 9.99. The van der Waals surface area contributed by atoms with Crippen molar-refractivity contribution in [3.05, 3.63) is 90.0 Å². The minimum absolute atomic E-state index is 0.0325. The van der Waals surface area contributed by atoms with Crippen molar-refractivity contribution < 1.29 is 29.2 Å². The molecule has 1 atom stereocenters. The summed E-state index contributed by atoms with van der Waals surface area (Å²) >= 11 is 0. The number of carbonyl (C=O) groups excluding carboxylic acids is 1. The largest absolute Gasteiger partial charge is 0.508 e. The van der Waals surface area contributed by atoms with Crippen molar-refractivity contribution in [1.29, 1.82) is 0 Å². The van der Waals surface area contributed by atoms with E-state index in [0.29, 0.717) is 22.6 Å². The molecule has 7 heteroatoms. The van der Waals surface area contributed by atoms with E-state index in [1.165, 1.54) is 19.3 Å². The van der Waals surface area contributed by atoms with Gasteiger partial charge in [-0.3, -0.25) is 4.79 Å². The number of hydrogen-bond acceptors (Lipinski definition) is 6. The fraction of sp³-hybridized carbons (Fsp3) is 0.192. The van der Waals surface area contributed by atoms with Crippen LogP contribution in [0.1, 0.15) is 16.7 Å². The van der Waals surface area contributed by atoms with E-state index in [0.717, 1.165) is 5.56 Å². The van der Waals surface area contributed by atoms with E-state index < -0.39 is 11.4 Å². The van der Waals surface area contributed by atoms with Crippen LogP contribution in [0, 0.1) is 0 Å². The molecule has 1 amide bonds. The molecule has 0 radical (unpaired) electrons. The Morgan fingerprint density at radius 1 is 0.909 bits per heavy atom. The Morgan fingerprint density at radius 3 is 2.18 bits per heavy atom. The van der Waals surface area contributed by atoms with Crippen LogP contribution >= 0.6 is 0 Å². The first-order valence-corrected chi connectivity index (χ1v) is 10.2. The maximum atomic E-state index is 12.7. The summed E-state index contributed by atoms with van der Waals surface area (Å²) in [7, 11) is 4.59. The van der Waals surface area contributed by atoms with E-state index in [4.69, 9.17) is 14.2 Å². The van der Waals surface area contributed by atoms with Gasteiger partial charge in [0.1, 0.15) is 17.2 Å². The van der Waals surface area contributed by atoms with Gasteiger partial charge in [0.15, 0.2) is 11.5 Å². The number of carbonyl (C=O) groups is 1. The lowest BCUT2D eigenvalue weighted by Gasteiger charge is -2.37. The molecule has 0 aliphatic carbocycles. The van der Waals surface area contributed by atoms with Crippen LogP contribution in [0.3, 0.4) is 0 Å². The van der Waals surface area contributed by atoms with Crippen molar-refractivity contribution in [3.63, 3.8) is 0 Å². The smallest absolute Gasteiger partial charge is 0.244 e. The minimum atomic E-state index is -1.14. The van der Waals surface area contributed by atoms with Gasteiger partial charge in [0.25, 0.3) is 0 Å². The van der Waals surface area contributed by atoms with Crippen LogP contribution in [-0.2, 0) is 16.8 Å². The molecule has 0 saturated carbocycles. The zero-order valence-electron chi connectivity index (χ0n) is 18.8. The van der Waals surface area contributed by atoms with Crippen molar-refractivity contribution in [1.82, 2.24) is 5.32 Å². The Hall–Kier alpha value is -4.13. The number of phenolic OH excluding ortho intramolecular Hbond substituents is 2. The third-order valence-corrected chi connectivity index (χ3v) is 5.50. The third kappa shape index (κ3) is 4.87. The Labute approximate surface area is 192 Å². The van der Waals surface area contributed by atoms with Gasteiger partial charge < -0.3 is 29.7 Å². The van der Waals surface area contributed by atoms with Crippen molar-refractivity contribution in [2.45, 2.75) is 12.0 Å². The summed E-state index contributed by atoms with van der Waals surface area (Å²) in [4.78, 5) is 12.7. The molecular weight excluding hydrogens is 422 g/mol. The molecule has 3 aromatic carbocycles.